The smallest absolute Gasteiger partial charge is 0.257 e. The number of hydrogen-bond acceptors (Lipinski definition) is 3. The molecule has 2 rings (SSSR count). The lowest BCUT2D eigenvalue weighted by atomic mass is 10.1. The molecule has 0 saturated carbocycles. The van der Waals surface area contributed by atoms with Crippen LogP contribution in [0.25, 0.3) is 0 Å². The Morgan fingerprint density at radius 3 is 2.71 bits per heavy atom. The third-order valence-corrected chi connectivity index (χ3v) is 5.05. The maximum atomic E-state index is 12.3. The summed E-state index contributed by atoms with van der Waals surface area (Å²) >= 11 is 8.22. The highest BCUT2D eigenvalue weighted by molar-refractivity contribution is 9.12. The van der Waals surface area contributed by atoms with E-state index in [2.05, 4.69) is 49.0 Å². The zero-order chi connectivity index (χ0) is 15.4. The largest absolute Gasteiger partial charge is 0.322 e. The van der Waals surface area contributed by atoms with Gasteiger partial charge in [-0.3, -0.25) is 4.79 Å². The van der Waals surface area contributed by atoms with E-state index in [4.69, 9.17) is 5.73 Å². The van der Waals surface area contributed by atoms with E-state index in [1.807, 2.05) is 25.1 Å². The van der Waals surface area contributed by atoms with Gasteiger partial charge in [0.1, 0.15) is 0 Å². The van der Waals surface area contributed by atoms with Crippen molar-refractivity contribution in [3.05, 3.63) is 48.5 Å². The summed E-state index contributed by atoms with van der Waals surface area (Å²) < 4.78 is 1.71. The highest BCUT2D eigenvalue weighted by Crippen LogP contribution is 2.32. The Labute approximate surface area is 144 Å². The Kier molecular flexibility index (Phi) is 5.59. The van der Waals surface area contributed by atoms with Crippen LogP contribution in [0.5, 0.6) is 0 Å². The van der Waals surface area contributed by atoms with Crippen LogP contribution in [0.15, 0.2) is 31.8 Å². The van der Waals surface area contributed by atoms with Gasteiger partial charge in [0.2, 0.25) is 0 Å². The van der Waals surface area contributed by atoms with Gasteiger partial charge < -0.3 is 11.1 Å². The van der Waals surface area contributed by atoms with Crippen molar-refractivity contribution in [2.24, 2.45) is 5.73 Å². The summed E-state index contributed by atoms with van der Waals surface area (Å²) in [7, 11) is 0. The third-order valence-electron chi connectivity index (χ3n) is 2.71. The lowest BCUT2D eigenvalue weighted by molar-refractivity contribution is 0.102. The molecule has 0 spiro atoms. The van der Waals surface area contributed by atoms with Gasteiger partial charge in [-0.05, 0) is 68.6 Å². The van der Waals surface area contributed by atoms with Crippen molar-refractivity contribution in [3.63, 3.8) is 0 Å². The summed E-state index contributed by atoms with van der Waals surface area (Å²) in [6, 6.07) is 7.43. The van der Waals surface area contributed by atoms with Crippen molar-refractivity contribution in [2.45, 2.75) is 6.92 Å². The first-order valence-electron chi connectivity index (χ1n) is 6.07. The molecule has 0 aliphatic rings. The van der Waals surface area contributed by atoms with Crippen LogP contribution in [-0.2, 0) is 0 Å². The molecule has 0 bridgehead atoms. The van der Waals surface area contributed by atoms with Crippen LogP contribution in [0.3, 0.4) is 0 Å². The third kappa shape index (κ3) is 4.17. The number of carbonyl (C=O) groups is 1. The fraction of sp³-hybridized carbons (Fsp3) is 0.133. The Bertz CT molecular complexity index is 744. The summed E-state index contributed by atoms with van der Waals surface area (Å²) in [6.07, 6.45) is 0. The molecule has 0 aliphatic carbocycles. The molecule has 21 heavy (non-hydrogen) atoms. The molecule has 0 atom stereocenters. The van der Waals surface area contributed by atoms with Gasteiger partial charge in [0, 0.05) is 11.3 Å². The number of hydrogen-bond donors (Lipinski definition) is 2. The van der Waals surface area contributed by atoms with E-state index in [1.165, 1.54) is 11.3 Å². The quantitative estimate of drug-likeness (QED) is 0.707. The number of carbonyl (C=O) groups excluding carboxylic acids is 1. The first kappa shape index (κ1) is 16.2. The number of thiophene rings is 1. The second-order valence-electron chi connectivity index (χ2n) is 4.23. The van der Waals surface area contributed by atoms with Gasteiger partial charge >= 0.3 is 0 Å². The highest BCUT2D eigenvalue weighted by atomic mass is 79.9. The van der Waals surface area contributed by atoms with Crippen molar-refractivity contribution in [1.29, 1.82) is 0 Å². The normalized spacial score (nSPS) is 9.90. The molecule has 0 aliphatic heterocycles. The average Bonchev–Trinajstić information content (AvgIpc) is 2.78. The molecule has 0 fully saturated rings. The van der Waals surface area contributed by atoms with Crippen molar-refractivity contribution in [3.8, 4) is 11.8 Å². The summed E-state index contributed by atoms with van der Waals surface area (Å²) in [4.78, 5) is 12.3. The lowest BCUT2D eigenvalue weighted by Gasteiger charge is -2.08. The Morgan fingerprint density at radius 1 is 1.38 bits per heavy atom. The maximum absolute atomic E-state index is 12.3. The Balaban J connectivity index is 2.20. The van der Waals surface area contributed by atoms with Gasteiger partial charge in [0.15, 0.2) is 0 Å². The highest BCUT2D eigenvalue weighted by Gasteiger charge is 2.14. The monoisotopic (exact) mass is 426 g/mol. The van der Waals surface area contributed by atoms with Gasteiger partial charge in [-0.1, -0.05) is 11.8 Å². The van der Waals surface area contributed by atoms with Crippen molar-refractivity contribution in [1.82, 2.24) is 0 Å². The van der Waals surface area contributed by atoms with Crippen LogP contribution in [0.1, 0.15) is 21.5 Å². The number of halogens is 2. The molecular formula is C15H12Br2N2OS. The van der Waals surface area contributed by atoms with Crippen LogP contribution >= 0.6 is 43.2 Å². The maximum Gasteiger partial charge on any atom is 0.257 e. The van der Waals surface area contributed by atoms with Crippen molar-refractivity contribution in [2.75, 3.05) is 11.9 Å². The van der Waals surface area contributed by atoms with Gasteiger partial charge in [0.25, 0.3) is 5.91 Å². The Hall–Kier alpha value is -1.13. The van der Waals surface area contributed by atoms with Crippen LogP contribution in [0.2, 0.25) is 0 Å². The second-order valence-corrected chi connectivity index (χ2v) is 7.98. The molecule has 1 aromatic carbocycles. The summed E-state index contributed by atoms with van der Waals surface area (Å²) in [6.45, 7) is 2.26. The van der Waals surface area contributed by atoms with E-state index in [0.717, 1.165) is 24.4 Å². The van der Waals surface area contributed by atoms with E-state index in [1.54, 1.807) is 6.07 Å². The Morgan fingerprint density at radius 2 is 2.14 bits per heavy atom. The molecule has 1 aromatic heterocycles. The molecule has 1 heterocycles. The minimum atomic E-state index is -0.146. The fourth-order valence-electron chi connectivity index (χ4n) is 1.72. The van der Waals surface area contributed by atoms with Crippen molar-refractivity contribution < 1.29 is 4.79 Å². The van der Waals surface area contributed by atoms with Crippen LogP contribution in [-0.4, -0.2) is 12.5 Å². The molecule has 108 valence electrons. The fourth-order valence-corrected chi connectivity index (χ4v) is 4.51. The molecule has 2 aromatic rings. The topological polar surface area (TPSA) is 55.1 Å². The SMILES string of the molecule is Cc1cc(C#CCN)ccc1NC(=O)c1cc(Br)sc1Br. The van der Waals surface area contributed by atoms with E-state index in [9.17, 15) is 4.79 Å². The number of rotatable bonds is 2. The number of nitrogens with one attached hydrogen (secondary N) is 1. The zero-order valence-corrected chi connectivity index (χ0v) is 15.2. The molecule has 0 unspecified atom stereocenters. The zero-order valence-electron chi connectivity index (χ0n) is 11.2. The molecule has 0 saturated heterocycles. The standard InChI is InChI=1S/C15H12Br2N2OS/c1-9-7-10(3-2-6-18)4-5-12(9)19-15(20)11-8-13(16)21-14(11)17/h4-5,7-8H,6,18H2,1H3,(H,19,20). The average molecular weight is 428 g/mol. The summed E-state index contributed by atoms with van der Waals surface area (Å²) in [5.41, 5.74) is 8.57. The minimum absolute atomic E-state index is 0.146. The predicted molar refractivity (Wildman–Crippen MR) is 94.8 cm³/mol. The lowest BCUT2D eigenvalue weighted by Crippen LogP contribution is -2.12. The van der Waals surface area contributed by atoms with Crippen LogP contribution < -0.4 is 11.1 Å². The van der Waals surface area contributed by atoms with E-state index in [-0.39, 0.29) is 5.91 Å². The van der Waals surface area contributed by atoms with Crippen LogP contribution in [0.4, 0.5) is 5.69 Å². The summed E-state index contributed by atoms with van der Waals surface area (Å²) in [5.74, 6) is 5.63. The van der Waals surface area contributed by atoms with Gasteiger partial charge in [0.05, 0.1) is 19.7 Å². The first-order valence-corrected chi connectivity index (χ1v) is 8.47. The molecule has 0 radical (unpaired) electrons. The second kappa shape index (κ2) is 7.23. The number of benzene rings is 1. The summed E-state index contributed by atoms with van der Waals surface area (Å²) in [5, 5.41) is 2.91. The number of anilines is 1. The first-order chi connectivity index (χ1) is 10.0. The van der Waals surface area contributed by atoms with Crippen LogP contribution in [0, 0.1) is 18.8 Å². The van der Waals surface area contributed by atoms with E-state index < -0.39 is 0 Å². The molecule has 1 amide bonds. The van der Waals surface area contributed by atoms with Crippen molar-refractivity contribution >= 4 is 54.8 Å². The van der Waals surface area contributed by atoms with E-state index in [0.29, 0.717) is 12.1 Å². The number of nitrogens with two attached hydrogens (primary N) is 1. The van der Waals surface area contributed by atoms with Gasteiger partial charge in [-0.25, -0.2) is 0 Å². The van der Waals surface area contributed by atoms with Gasteiger partial charge in [-0.2, -0.15) is 0 Å². The molecule has 3 N–H and O–H groups in total. The van der Waals surface area contributed by atoms with E-state index >= 15 is 0 Å². The molecular weight excluding hydrogens is 416 g/mol. The molecule has 6 heteroatoms. The minimum Gasteiger partial charge on any atom is -0.322 e. The number of aryl methyl sites for hydroxylation is 1. The predicted octanol–water partition coefficient (Wildman–Crippen LogP) is 4.14. The molecule has 3 nitrogen and oxygen atoms in total. The van der Waals surface area contributed by atoms with Gasteiger partial charge in [-0.15, -0.1) is 11.3 Å². The number of amides is 1.